The van der Waals surface area contributed by atoms with Crippen molar-refractivity contribution in [2.24, 2.45) is 0 Å². The molecule has 2 atom stereocenters. The van der Waals surface area contributed by atoms with Gasteiger partial charge < -0.3 is 14.6 Å². The zero-order chi connectivity index (χ0) is 10.8. The lowest BCUT2D eigenvalue weighted by Crippen LogP contribution is -2.26. The van der Waals surface area contributed by atoms with Crippen molar-refractivity contribution >= 4 is 5.97 Å². The number of esters is 1. The Labute approximate surface area is 84.2 Å². The molecule has 0 amide bonds. The fourth-order valence-electron chi connectivity index (χ4n) is 1.40. The van der Waals surface area contributed by atoms with E-state index >= 15 is 0 Å². The summed E-state index contributed by atoms with van der Waals surface area (Å²) in [6.07, 6.45) is 0.149. The lowest BCUT2D eigenvalue weighted by atomic mass is 10.1. The van der Waals surface area contributed by atoms with Crippen LogP contribution in [0.1, 0.15) is 33.6 Å². The largest absolute Gasteiger partial charge is 0.460 e. The molecule has 0 aromatic heterocycles. The number of carbonyl (C=O) groups excluding carboxylic acids is 1. The fraction of sp³-hybridized carbons (Fsp3) is 0.900. The first-order chi connectivity index (χ1) is 6.37. The van der Waals surface area contributed by atoms with Crippen LogP contribution in [0.15, 0.2) is 0 Å². The van der Waals surface area contributed by atoms with Crippen LogP contribution in [0.2, 0.25) is 0 Å². The average molecular weight is 202 g/mol. The van der Waals surface area contributed by atoms with E-state index in [1.165, 1.54) is 0 Å². The monoisotopic (exact) mass is 202 g/mol. The van der Waals surface area contributed by atoms with Crippen LogP contribution in [0.25, 0.3) is 0 Å². The van der Waals surface area contributed by atoms with Crippen LogP contribution in [0.4, 0.5) is 0 Å². The fourth-order valence-corrected chi connectivity index (χ4v) is 1.40. The van der Waals surface area contributed by atoms with Crippen molar-refractivity contribution in [3.05, 3.63) is 0 Å². The zero-order valence-electron chi connectivity index (χ0n) is 8.95. The van der Waals surface area contributed by atoms with Gasteiger partial charge >= 0.3 is 5.97 Å². The van der Waals surface area contributed by atoms with Gasteiger partial charge in [-0.1, -0.05) is 0 Å². The SMILES string of the molecule is CC(C)(C)OC(=O)CC1CC(O)CO1. The predicted octanol–water partition coefficient (Wildman–Crippen LogP) is 0.868. The Morgan fingerprint density at radius 2 is 2.21 bits per heavy atom. The Kier molecular flexibility index (Phi) is 3.50. The van der Waals surface area contributed by atoms with Crippen molar-refractivity contribution in [2.45, 2.75) is 51.4 Å². The van der Waals surface area contributed by atoms with E-state index in [9.17, 15) is 4.79 Å². The second-order valence-corrected chi connectivity index (χ2v) is 4.64. The molecule has 1 aliphatic rings. The first-order valence-corrected chi connectivity index (χ1v) is 4.88. The van der Waals surface area contributed by atoms with Gasteiger partial charge in [-0.3, -0.25) is 4.79 Å². The number of carbonyl (C=O) groups is 1. The number of aliphatic hydroxyl groups excluding tert-OH is 1. The highest BCUT2D eigenvalue weighted by Crippen LogP contribution is 2.18. The van der Waals surface area contributed by atoms with Gasteiger partial charge in [0.25, 0.3) is 0 Å². The van der Waals surface area contributed by atoms with Gasteiger partial charge in [-0.25, -0.2) is 0 Å². The van der Waals surface area contributed by atoms with Gasteiger partial charge in [-0.15, -0.1) is 0 Å². The van der Waals surface area contributed by atoms with Crippen molar-refractivity contribution in [3.8, 4) is 0 Å². The van der Waals surface area contributed by atoms with Crippen LogP contribution >= 0.6 is 0 Å². The molecule has 0 bridgehead atoms. The van der Waals surface area contributed by atoms with Gasteiger partial charge in [-0.2, -0.15) is 0 Å². The standard InChI is InChI=1S/C10H18O4/c1-10(2,3)14-9(12)5-8-4-7(11)6-13-8/h7-8,11H,4-6H2,1-3H3. The molecule has 1 rings (SSSR count). The molecule has 4 heteroatoms. The molecule has 1 fully saturated rings. The summed E-state index contributed by atoms with van der Waals surface area (Å²) in [5.74, 6) is -0.267. The first kappa shape index (κ1) is 11.5. The summed E-state index contributed by atoms with van der Waals surface area (Å²) in [5.41, 5.74) is -0.450. The highest BCUT2D eigenvalue weighted by atomic mass is 16.6. The number of hydrogen-bond donors (Lipinski definition) is 1. The predicted molar refractivity (Wildman–Crippen MR) is 50.8 cm³/mol. The lowest BCUT2D eigenvalue weighted by Gasteiger charge is -2.20. The lowest BCUT2D eigenvalue weighted by molar-refractivity contribution is -0.157. The molecular formula is C10H18O4. The molecule has 1 heterocycles. The summed E-state index contributed by atoms with van der Waals surface area (Å²) < 4.78 is 10.3. The average Bonchev–Trinajstić information content (AvgIpc) is 2.30. The molecule has 4 nitrogen and oxygen atoms in total. The van der Waals surface area contributed by atoms with Crippen LogP contribution in [0.3, 0.4) is 0 Å². The number of hydrogen-bond acceptors (Lipinski definition) is 4. The maximum Gasteiger partial charge on any atom is 0.308 e. The summed E-state index contributed by atoms with van der Waals surface area (Å²) in [7, 11) is 0. The van der Waals surface area contributed by atoms with Gasteiger partial charge in [0.15, 0.2) is 0 Å². The smallest absolute Gasteiger partial charge is 0.308 e. The summed E-state index contributed by atoms with van der Waals surface area (Å²) in [6, 6.07) is 0. The first-order valence-electron chi connectivity index (χ1n) is 4.88. The van der Waals surface area contributed by atoms with E-state index in [1.807, 2.05) is 20.8 Å². The molecule has 1 saturated heterocycles. The number of ether oxygens (including phenoxy) is 2. The Morgan fingerprint density at radius 3 is 2.64 bits per heavy atom. The van der Waals surface area contributed by atoms with E-state index in [4.69, 9.17) is 14.6 Å². The van der Waals surface area contributed by atoms with Crippen molar-refractivity contribution in [1.82, 2.24) is 0 Å². The van der Waals surface area contributed by atoms with E-state index in [1.54, 1.807) is 0 Å². The minimum atomic E-state index is -0.450. The topological polar surface area (TPSA) is 55.8 Å². The van der Waals surface area contributed by atoms with Crippen molar-refractivity contribution in [2.75, 3.05) is 6.61 Å². The van der Waals surface area contributed by atoms with Crippen molar-refractivity contribution < 1.29 is 19.4 Å². The molecule has 0 spiro atoms. The third kappa shape index (κ3) is 4.07. The molecule has 0 aromatic rings. The maximum atomic E-state index is 11.3. The minimum absolute atomic E-state index is 0.181. The molecule has 14 heavy (non-hydrogen) atoms. The molecule has 0 saturated carbocycles. The quantitative estimate of drug-likeness (QED) is 0.675. The van der Waals surface area contributed by atoms with Gasteiger partial charge in [0.2, 0.25) is 0 Å². The molecule has 1 aliphatic heterocycles. The van der Waals surface area contributed by atoms with Crippen LogP contribution in [-0.4, -0.2) is 35.5 Å². The highest BCUT2D eigenvalue weighted by molar-refractivity contribution is 5.70. The van der Waals surface area contributed by atoms with Crippen LogP contribution in [0.5, 0.6) is 0 Å². The van der Waals surface area contributed by atoms with Gasteiger partial charge in [0.05, 0.1) is 25.2 Å². The summed E-state index contributed by atoms with van der Waals surface area (Å²) in [6.45, 7) is 5.81. The van der Waals surface area contributed by atoms with Crippen molar-refractivity contribution in [1.29, 1.82) is 0 Å². The van der Waals surface area contributed by atoms with Crippen LogP contribution in [0, 0.1) is 0 Å². The molecule has 0 radical (unpaired) electrons. The Bertz CT molecular complexity index is 207. The van der Waals surface area contributed by atoms with E-state index < -0.39 is 11.7 Å². The third-order valence-electron chi connectivity index (χ3n) is 1.87. The highest BCUT2D eigenvalue weighted by Gasteiger charge is 2.27. The molecule has 0 aromatic carbocycles. The van der Waals surface area contributed by atoms with Gasteiger partial charge in [0.1, 0.15) is 5.60 Å². The van der Waals surface area contributed by atoms with Crippen LogP contribution in [-0.2, 0) is 14.3 Å². The normalized spacial score (nSPS) is 27.7. The number of rotatable bonds is 2. The Balaban J connectivity index is 2.27. The summed E-state index contributed by atoms with van der Waals surface area (Å²) in [4.78, 5) is 11.3. The number of aliphatic hydroxyl groups is 1. The van der Waals surface area contributed by atoms with E-state index in [0.717, 1.165) is 0 Å². The van der Waals surface area contributed by atoms with Gasteiger partial charge in [0, 0.05) is 6.42 Å². The second kappa shape index (κ2) is 4.28. The summed E-state index contributed by atoms with van der Waals surface area (Å²) >= 11 is 0. The molecule has 1 N–H and O–H groups in total. The van der Waals surface area contributed by atoms with E-state index in [-0.39, 0.29) is 18.5 Å². The van der Waals surface area contributed by atoms with E-state index in [0.29, 0.717) is 13.0 Å². The zero-order valence-corrected chi connectivity index (χ0v) is 8.95. The summed E-state index contributed by atoms with van der Waals surface area (Å²) in [5, 5.41) is 9.17. The van der Waals surface area contributed by atoms with Crippen LogP contribution < -0.4 is 0 Å². The van der Waals surface area contributed by atoms with Crippen molar-refractivity contribution in [3.63, 3.8) is 0 Å². The second-order valence-electron chi connectivity index (χ2n) is 4.64. The maximum absolute atomic E-state index is 11.3. The molecular weight excluding hydrogens is 184 g/mol. The Morgan fingerprint density at radius 1 is 1.57 bits per heavy atom. The molecule has 82 valence electrons. The third-order valence-corrected chi connectivity index (χ3v) is 1.87. The molecule has 2 unspecified atom stereocenters. The van der Waals surface area contributed by atoms with Gasteiger partial charge in [-0.05, 0) is 20.8 Å². The minimum Gasteiger partial charge on any atom is -0.460 e. The molecule has 0 aliphatic carbocycles. The van der Waals surface area contributed by atoms with E-state index in [2.05, 4.69) is 0 Å². The Hall–Kier alpha value is -0.610.